The second-order valence-electron chi connectivity index (χ2n) is 6.61. The smallest absolute Gasteiger partial charge is 0.227 e. The molecule has 0 saturated carbocycles. The van der Waals surface area contributed by atoms with Gasteiger partial charge in [-0.1, -0.05) is 36.0 Å². The van der Waals surface area contributed by atoms with Crippen LogP contribution in [0, 0.1) is 0 Å². The Morgan fingerprint density at radius 1 is 1.12 bits per heavy atom. The first-order valence-electron chi connectivity index (χ1n) is 8.64. The molecule has 25 heavy (non-hydrogen) atoms. The van der Waals surface area contributed by atoms with Crippen LogP contribution in [0.4, 0.5) is 5.95 Å². The average molecular weight is 356 g/mol. The maximum absolute atomic E-state index is 4.38. The highest BCUT2D eigenvalue weighted by molar-refractivity contribution is 7.99. The molecule has 0 bridgehead atoms. The molecule has 0 N–H and O–H groups in total. The molecule has 1 aromatic carbocycles. The van der Waals surface area contributed by atoms with Gasteiger partial charge < -0.3 is 4.90 Å². The summed E-state index contributed by atoms with van der Waals surface area (Å²) < 4.78 is 2.20. The Kier molecular flexibility index (Phi) is 5.58. The van der Waals surface area contributed by atoms with Crippen molar-refractivity contribution in [1.29, 1.82) is 0 Å². The SMILES string of the molecule is CC(C)n1c(SCCCc2cncc3ccccc23)nnc1N(C)C. The van der Waals surface area contributed by atoms with E-state index >= 15 is 0 Å². The van der Waals surface area contributed by atoms with E-state index in [1.807, 2.05) is 31.4 Å². The van der Waals surface area contributed by atoms with E-state index in [2.05, 4.69) is 57.9 Å². The zero-order valence-corrected chi connectivity index (χ0v) is 16.1. The summed E-state index contributed by atoms with van der Waals surface area (Å²) in [4.78, 5) is 6.38. The van der Waals surface area contributed by atoms with E-state index in [-0.39, 0.29) is 0 Å². The fraction of sp³-hybridized carbons (Fsp3) is 0.421. The summed E-state index contributed by atoms with van der Waals surface area (Å²) in [5.74, 6) is 1.93. The number of hydrogen-bond donors (Lipinski definition) is 0. The van der Waals surface area contributed by atoms with Gasteiger partial charge in [-0.2, -0.15) is 0 Å². The molecule has 0 amide bonds. The molecule has 0 atom stereocenters. The van der Waals surface area contributed by atoms with E-state index in [0.29, 0.717) is 6.04 Å². The van der Waals surface area contributed by atoms with Crippen LogP contribution in [-0.2, 0) is 6.42 Å². The zero-order valence-electron chi connectivity index (χ0n) is 15.3. The summed E-state index contributed by atoms with van der Waals surface area (Å²) in [6.07, 6.45) is 6.04. The van der Waals surface area contributed by atoms with Crippen LogP contribution >= 0.6 is 11.8 Å². The molecule has 2 heterocycles. The average Bonchev–Trinajstić information content (AvgIpc) is 3.03. The second kappa shape index (κ2) is 7.87. The van der Waals surface area contributed by atoms with Crippen molar-refractivity contribution in [3.8, 4) is 0 Å². The second-order valence-corrected chi connectivity index (χ2v) is 7.67. The first-order valence-corrected chi connectivity index (χ1v) is 9.63. The number of benzene rings is 1. The quantitative estimate of drug-likeness (QED) is 0.469. The zero-order chi connectivity index (χ0) is 17.8. The van der Waals surface area contributed by atoms with Crippen LogP contribution in [0.25, 0.3) is 10.8 Å². The van der Waals surface area contributed by atoms with E-state index in [4.69, 9.17) is 0 Å². The van der Waals surface area contributed by atoms with Crippen LogP contribution in [-0.4, -0.2) is 39.6 Å². The van der Waals surface area contributed by atoms with Gasteiger partial charge >= 0.3 is 0 Å². The van der Waals surface area contributed by atoms with Crippen molar-refractivity contribution in [1.82, 2.24) is 19.7 Å². The highest BCUT2D eigenvalue weighted by Crippen LogP contribution is 2.26. The Labute approximate surface area is 153 Å². The van der Waals surface area contributed by atoms with Crippen LogP contribution in [0.3, 0.4) is 0 Å². The van der Waals surface area contributed by atoms with E-state index in [9.17, 15) is 0 Å². The van der Waals surface area contributed by atoms with Gasteiger partial charge in [0.05, 0.1) is 0 Å². The third kappa shape index (κ3) is 3.95. The molecule has 0 saturated heterocycles. The van der Waals surface area contributed by atoms with Crippen molar-refractivity contribution >= 4 is 28.5 Å². The molecule has 0 aliphatic rings. The predicted octanol–water partition coefficient (Wildman–Crippen LogP) is 4.20. The third-order valence-corrected chi connectivity index (χ3v) is 5.16. The number of anilines is 1. The largest absolute Gasteiger partial charge is 0.347 e. The lowest BCUT2D eigenvalue weighted by molar-refractivity contribution is 0.549. The van der Waals surface area contributed by atoms with E-state index in [1.165, 1.54) is 16.3 Å². The molecule has 0 spiro atoms. The van der Waals surface area contributed by atoms with Crippen molar-refractivity contribution < 1.29 is 0 Å². The molecule has 0 aliphatic carbocycles. The lowest BCUT2D eigenvalue weighted by atomic mass is 10.0. The number of aryl methyl sites for hydroxylation is 1. The topological polar surface area (TPSA) is 46.8 Å². The van der Waals surface area contributed by atoms with Crippen molar-refractivity contribution in [2.24, 2.45) is 0 Å². The van der Waals surface area contributed by atoms with Crippen molar-refractivity contribution in [2.75, 3.05) is 24.7 Å². The number of hydrogen-bond acceptors (Lipinski definition) is 5. The van der Waals surface area contributed by atoms with Crippen LogP contribution in [0.5, 0.6) is 0 Å². The normalized spacial score (nSPS) is 11.4. The lowest BCUT2D eigenvalue weighted by Crippen LogP contribution is -2.17. The van der Waals surface area contributed by atoms with Gasteiger partial charge in [0, 0.05) is 43.7 Å². The van der Waals surface area contributed by atoms with E-state index in [1.54, 1.807) is 11.8 Å². The van der Waals surface area contributed by atoms with Gasteiger partial charge in [0.25, 0.3) is 0 Å². The summed E-state index contributed by atoms with van der Waals surface area (Å²) in [5.41, 5.74) is 1.32. The molecule has 0 aliphatic heterocycles. The summed E-state index contributed by atoms with van der Waals surface area (Å²) in [6.45, 7) is 4.34. The van der Waals surface area contributed by atoms with Gasteiger partial charge in [0.15, 0.2) is 5.16 Å². The number of rotatable bonds is 7. The van der Waals surface area contributed by atoms with Crippen LogP contribution in [0.1, 0.15) is 31.9 Å². The van der Waals surface area contributed by atoms with E-state index < -0.39 is 0 Å². The highest BCUT2D eigenvalue weighted by atomic mass is 32.2. The molecule has 5 nitrogen and oxygen atoms in total. The van der Waals surface area contributed by atoms with Crippen molar-refractivity contribution in [3.05, 3.63) is 42.2 Å². The van der Waals surface area contributed by atoms with Gasteiger partial charge in [-0.3, -0.25) is 9.55 Å². The fourth-order valence-corrected chi connectivity index (χ4v) is 3.93. The lowest BCUT2D eigenvalue weighted by Gasteiger charge is -2.17. The Morgan fingerprint density at radius 3 is 2.68 bits per heavy atom. The minimum atomic E-state index is 0.345. The van der Waals surface area contributed by atoms with Crippen molar-refractivity contribution in [3.63, 3.8) is 0 Å². The Bertz CT molecular complexity index is 835. The minimum Gasteiger partial charge on any atom is -0.347 e. The maximum atomic E-state index is 4.38. The molecule has 3 rings (SSSR count). The highest BCUT2D eigenvalue weighted by Gasteiger charge is 2.16. The number of fused-ring (bicyclic) bond motifs is 1. The van der Waals surface area contributed by atoms with Gasteiger partial charge in [0.2, 0.25) is 5.95 Å². The molecule has 2 aromatic heterocycles. The predicted molar refractivity (Wildman–Crippen MR) is 106 cm³/mol. The Morgan fingerprint density at radius 2 is 1.92 bits per heavy atom. The molecular formula is C19H25N5S. The molecule has 0 unspecified atom stereocenters. The number of nitrogens with zero attached hydrogens (tertiary/aromatic N) is 5. The van der Waals surface area contributed by atoms with Gasteiger partial charge in [-0.05, 0) is 37.6 Å². The Balaban J connectivity index is 1.64. The summed E-state index contributed by atoms with van der Waals surface area (Å²) in [5, 5.41) is 12.2. The van der Waals surface area contributed by atoms with Crippen molar-refractivity contribution in [2.45, 2.75) is 37.9 Å². The molecule has 0 radical (unpaired) electrons. The van der Waals surface area contributed by atoms with Gasteiger partial charge in [0.1, 0.15) is 0 Å². The van der Waals surface area contributed by atoms with Crippen LogP contribution in [0.15, 0.2) is 41.8 Å². The standard InChI is InChI=1S/C19H25N5S/c1-14(2)24-18(23(3)4)21-22-19(24)25-11-7-9-16-13-20-12-15-8-5-6-10-17(15)16/h5-6,8,10,12-14H,7,9,11H2,1-4H3. The summed E-state index contributed by atoms with van der Waals surface area (Å²) in [6, 6.07) is 8.79. The fourth-order valence-electron chi connectivity index (χ4n) is 2.93. The molecule has 0 fully saturated rings. The monoisotopic (exact) mass is 355 g/mol. The first-order chi connectivity index (χ1) is 12.1. The maximum Gasteiger partial charge on any atom is 0.227 e. The number of thioether (sulfide) groups is 1. The number of pyridine rings is 1. The Hall–Kier alpha value is -2.08. The molecule has 3 aromatic rings. The molecular weight excluding hydrogens is 330 g/mol. The van der Waals surface area contributed by atoms with Crippen LogP contribution < -0.4 is 4.90 Å². The van der Waals surface area contributed by atoms with E-state index in [0.717, 1.165) is 29.7 Å². The molecule has 6 heteroatoms. The van der Waals surface area contributed by atoms with Gasteiger partial charge in [-0.15, -0.1) is 10.2 Å². The van der Waals surface area contributed by atoms with Gasteiger partial charge in [-0.25, -0.2) is 0 Å². The minimum absolute atomic E-state index is 0.345. The first kappa shape index (κ1) is 17.7. The summed E-state index contributed by atoms with van der Waals surface area (Å²) >= 11 is 1.78. The number of aromatic nitrogens is 4. The van der Waals surface area contributed by atoms with Crippen LogP contribution in [0.2, 0.25) is 0 Å². The third-order valence-electron chi connectivity index (χ3n) is 4.14. The summed E-state index contributed by atoms with van der Waals surface area (Å²) in [7, 11) is 4.01. The molecule has 132 valence electrons.